The van der Waals surface area contributed by atoms with Gasteiger partial charge in [0.1, 0.15) is 0 Å². The number of aromatic nitrogens is 2. The highest BCUT2D eigenvalue weighted by atomic mass is 16.3. The summed E-state index contributed by atoms with van der Waals surface area (Å²) in [6, 6.07) is 1.82. The second kappa shape index (κ2) is 5.14. The lowest BCUT2D eigenvalue weighted by Gasteiger charge is -2.24. The number of carbonyl (C=O) groups excluding carboxylic acids is 1. The lowest BCUT2D eigenvalue weighted by molar-refractivity contribution is -0.127. The van der Waals surface area contributed by atoms with Crippen LogP contribution in [0.2, 0.25) is 0 Å². The molecule has 17 heavy (non-hydrogen) atoms. The van der Waals surface area contributed by atoms with Crippen LogP contribution in [0.5, 0.6) is 0 Å². The molecule has 0 aliphatic carbocycles. The van der Waals surface area contributed by atoms with Crippen molar-refractivity contribution in [1.29, 1.82) is 0 Å². The third kappa shape index (κ3) is 4.40. The zero-order chi connectivity index (χ0) is 13.1. The summed E-state index contributed by atoms with van der Waals surface area (Å²) >= 11 is 0. The lowest BCUT2D eigenvalue weighted by Crippen LogP contribution is -2.38. The van der Waals surface area contributed by atoms with Crippen LogP contribution >= 0.6 is 0 Å². The second-order valence-electron chi connectivity index (χ2n) is 4.72. The molecule has 0 aliphatic heterocycles. The Morgan fingerprint density at radius 2 is 2.29 bits per heavy atom. The van der Waals surface area contributed by atoms with E-state index in [2.05, 4.69) is 5.10 Å². The third-order valence-corrected chi connectivity index (χ3v) is 2.26. The second-order valence-corrected chi connectivity index (χ2v) is 4.72. The summed E-state index contributed by atoms with van der Waals surface area (Å²) in [5.74, 6) is -0.145. The molecular formula is C12H19N3O2. The fraction of sp³-hybridized carbons (Fsp3) is 0.500. The maximum atomic E-state index is 11.7. The summed E-state index contributed by atoms with van der Waals surface area (Å²) in [4.78, 5) is 13.2. The zero-order valence-electron chi connectivity index (χ0n) is 10.7. The highest BCUT2D eigenvalue weighted by molar-refractivity contribution is 5.91. The molecule has 0 aliphatic rings. The normalized spacial score (nSPS) is 12.1. The lowest BCUT2D eigenvalue weighted by atomic mass is 10.1. The number of aliphatic hydroxyl groups is 1. The van der Waals surface area contributed by atoms with Crippen molar-refractivity contribution in [2.45, 2.75) is 19.4 Å². The van der Waals surface area contributed by atoms with Crippen LogP contribution in [0, 0.1) is 0 Å². The van der Waals surface area contributed by atoms with Crippen molar-refractivity contribution in [3.63, 3.8) is 0 Å². The van der Waals surface area contributed by atoms with Gasteiger partial charge in [-0.15, -0.1) is 0 Å². The van der Waals surface area contributed by atoms with Gasteiger partial charge < -0.3 is 10.0 Å². The maximum absolute atomic E-state index is 11.7. The molecule has 94 valence electrons. The zero-order valence-corrected chi connectivity index (χ0v) is 10.7. The standard InChI is InChI=1S/C12H19N3O2/c1-12(2,17)9-14(3)11(16)6-5-10-7-8-13-15(10)4/h5-8,17H,9H2,1-4H3. The summed E-state index contributed by atoms with van der Waals surface area (Å²) in [5.41, 5.74) is -0.0277. The van der Waals surface area contributed by atoms with Gasteiger partial charge >= 0.3 is 0 Å². The molecule has 0 spiro atoms. The van der Waals surface area contributed by atoms with Gasteiger partial charge in [0.2, 0.25) is 5.91 Å². The topological polar surface area (TPSA) is 58.4 Å². The number of likely N-dealkylation sites (N-methyl/N-ethyl adjacent to an activating group) is 1. The molecule has 5 heteroatoms. The quantitative estimate of drug-likeness (QED) is 0.783. The number of amides is 1. The highest BCUT2D eigenvalue weighted by Gasteiger charge is 2.17. The van der Waals surface area contributed by atoms with Gasteiger partial charge in [0.15, 0.2) is 0 Å². The first-order valence-corrected chi connectivity index (χ1v) is 5.43. The van der Waals surface area contributed by atoms with Crippen LogP contribution in [0.4, 0.5) is 0 Å². The molecule has 1 aromatic heterocycles. The van der Waals surface area contributed by atoms with Gasteiger partial charge in [0.25, 0.3) is 0 Å². The Kier molecular flexibility index (Phi) is 4.07. The molecule has 0 fully saturated rings. The molecular weight excluding hydrogens is 218 g/mol. The molecule has 1 heterocycles. The fourth-order valence-electron chi connectivity index (χ4n) is 1.49. The van der Waals surface area contributed by atoms with Gasteiger partial charge in [-0.3, -0.25) is 9.48 Å². The first-order chi connectivity index (χ1) is 7.79. The average Bonchev–Trinajstić information content (AvgIpc) is 2.57. The smallest absolute Gasteiger partial charge is 0.246 e. The SMILES string of the molecule is CN(CC(C)(C)O)C(=O)C=Cc1ccnn1C. The van der Waals surface area contributed by atoms with E-state index in [1.807, 2.05) is 13.1 Å². The Labute approximate surface area is 101 Å². The summed E-state index contributed by atoms with van der Waals surface area (Å²) in [7, 11) is 3.47. The number of nitrogens with zero attached hydrogens (tertiary/aromatic N) is 3. The Hall–Kier alpha value is -1.62. The van der Waals surface area contributed by atoms with Crippen molar-refractivity contribution in [2.75, 3.05) is 13.6 Å². The molecule has 1 N–H and O–H groups in total. The largest absolute Gasteiger partial charge is 0.389 e. The van der Waals surface area contributed by atoms with Crippen molar-refractivity contribution in [1.82, 2.24) is 14.7 Å². The Balaban J connectivity index is 2.61. The number of hydrogen-bond donors (Lipinski definition) is 1. The van der Waals surface area contributed by atoms with Gasteiger partial charge in [-0.2, -0.15) is 5.10 Å². The van der Waals surface area contributed by atoms with Gasteiger partial charge in [0.05, 0.1) is 11.3 Å². The van der Waals surface area contributed by atoms with Gasteiger partial charge in [0, 0.05) is 32.9 Å². The van der Waals surface area contributed by atoms with Crippen LogP contribution < -0.4 is 0 Å². The van der Waals surface area contributed by atoms with Crippen LogP contribution in [-0.2, 0) is 11.8 Å². The van der Waals surface area contributed by atoms with E-state index in [9.17, 15) is 9.90 Å². The molecule has 0 bridgehead atoms. The summed E-state index contributed by atoms with van der Waals surface area (Å²) < 4.78 is 1.68. The average molecular weight is 237 g/mol. The molecule has 0 aromatic carbocycles. The maximum Gasteiger partial charge on any atom is 0.246 e. The van der Waals surface area contributed by atoms with Crippen LogP contribution in [-0.4, -0.2) is 44.9 Å². The van der Waals surface area contributed by atoms with E-state index in [0.29, 0.717) is 6.54 Å². The molecule has 1 amide bonds. The molecule has 1 rings (SSSR count). The summed E-state index contributed by atoms with van der Waals surface area (Å²) in [5, 5.41) is 13.6. The molecule has 0 radical (unpaired) electrons. The molecule has 0 atom stereocenters. The van der Waals surface area contributed by atoms with E-state index in [1.165, 1.54) is 11.0 Å². The fourth-order valence-corrected chi connectivity index (χ4v) is 1.49. The molecule has 5 nitrogen and oxygen atoms in total. The van der Waals surface area contributed by atoms with Gasteiger partial charge in [-0.05, 0) is 26.0 Å². The van der Waals surface area contributed by atoms with E-state index in [-0.39, 0.29) is 5.91 Å². The first kappa shape index (κ1) is 13.4. The molecule has 0 saturated heterocycles. The minimum Gasteiger partial charge on any atom is -0.389 e. The Morgan fingerprint density at radius 3 is 2.76 bits per heavy atom. The van der Waals surface area contributed by atoms with Crippen molar-refractivity contribution < 1.29 is 9.90 Å². The predicted octanol–water partition coefficient (Wildman–Crippen LogP) is 0.663. The van der Waals surface area contributed by atoms with Crippen molar-refractivity contribution in [3.8, 4) is 0 Å². The van der Waals surface area contributed by atoms with E-state index >= 15 is 0 Å². The summed E-state index contributed by atoms with van der Waals surface area (Å²) in [6.45, 7) is 3.63. The number of carbonyl (C=O) groups is 1. The van der Waals surface area contributed by atoms with Gasteiger partial charge in [-0.25, -0.2) is 0 Å². The Morgan fingerprint density at radius 1 is 1.65 bits per heavy atom. The first-order valence-electron chi connectivity index (χ1n) is 5.43. The van der Waals surface area contributed by atoms with E-state index < -0.39 is 5.60 Å². The Bertz CT molecular complexity index is 416. The monoisotopic (exact) mass is 237 g/mol. The van der Waals surface area contributed by atoms with Gasteiger partial charge in [-0.1, -0.05) is 0 Å². The van der Waals surface area contributed by atoms with Crippen LogP contribution in [0.3, 0.4) is 0 Å². The number of rotatable bonds is 4. The van der Waals surface area contributed by atoms with Crippen molar-refractivity contribution in [2.24, 2.45) is 7.05 Å². The van der Waals surface area contributed by atoms with Crippen LogP contribution in [0.1, 0.15) is 19.5 Å². The predicted molar refractivity (Wildman–Crippen MR) is 66.2 cm³/mol. The summed E-state index contributed by atoms with van der Waals surface area (Å²) in [6.07, 6.45) is 4.85. The molecule has 0 unspecified atom stereocenters. The van der Waals surface area contributed by atoms with Crippen LogP contribution in [0.15, 0.2) is 18.3 Å². The van der Waals surface area contributed by atoms with E-state index in [1.54, 1.807) is 37.8 Å². The highest BCUT2D eigenvalue weighted by Crippen LogP contribution is 2.05. The number of aryl methyl sites for hydroxylation is 1. The van der Waals surface area contributed by atoms with Crippen LogP contribution in [0.25, 0.3) is 6.08 Å². The minimum atomic E-state index is -0.884. The van der Waals surface area contributed by atoms with E-state index in [4.69, 9.17) is 0 Å². The third-order valence-electron chi connectivity index (χ3n) is 2.26. The minimum absolute atomic E-state index is 0.145. The van der Waals surface area contributed by atoms with Crippen molar-refractivity contribution >= 4 is 12.0 Å². The molecule has 0 saturated carbocycles. The molecule has 1 aromatic rings. The number of hydrogen-bond acceptors (Lipinski definition) is 3. The van der Waals surface area contributed by atoms with Crippen molar-refractivity contribution in [3.05, 3.63) is 24.0 Å². The van der Waals surface area contributed by atoms with E-state index in [0.717, 1.165) is 5.69 Å².